The quantitative estimate of drug-likeness (QED) is 0.518. The highest BCUT2D eigenvalue weighted by atomic mass is 16.5. The summed E-state index contributed by atoms with van der Waals surface area (Å²) in [5, 5.41) is 3.94. The monoisotopic (exact) mass is 358 g/mol. The molecule has 4 heteroatoms. The predicted octanol–water partition coefficient (Wildman–Crippen LogP) is 3.57. The van der Waals surface area contributed by atoms with E-state index in [9.17, 15) is 4.79 Å². The van der Waals surface area contributed by atoms with Crippen LogP contribution in [0.15, 0.2) is 73.4 Å². The predicted molar refractivity (Wildman–Crippen MR) is 109 cm³/mol. The number of hydrogen-bond acceptors (Lipinski definition) is 2. The lowest BCUT2D eigenvalue weighted by atomic mass is 10.1. The number of para-hydroxylation sites is 2. The largest absolute Gasteiger partial charge is 0.481 e. The molecule has 4 nitrogen and oxygen atoms in total. The average Bonchev–Trinajstić information content (AvgIpc) is 3.09. The summed E-state index contributed by atoms with van der Waals surface area (Å²) in [6, 6.07) is 17.8. The van der Waals surface area contributed by atoms with Crippen molar-refractivity contribution in [3.63, 3.8) is 0 Å². The molecule has 1 N–H and O–H groups in total. The van der Waals surface area contributed by atoms with Gasteiger partial charge in [0.05, 0.1) is 6.54 Å². The fourth-order valence-corrected chi connectivity index (χ4v) is 2.83. The number of ether oxygens (including phenoxy) is 1. The maximum Gasteiger partial charge on any atom is 0.240 e. The molecule has 1 aromatic heterocycles. The molecule has 0 unspecified atom stereocenters. The molecule has 136 valence electrons. The van der Waals surface area contributed by atoms with Gasteiger partial charge in [-0.15, -0.1) is 6.58 Å². The Morgan fingerprint density at radius 3 is 2.81 bits per heavy atom. The van der Waals surface area contributed by atoms with Gasteiger partial charge in [0.1, 0.15) is 18.9 Å². The summed E-state index contributed by atoms with van der Waals surface area (Å²) in [6.07, 6.45) is 4.52. The molecule has 0 radical (unpaired) electrons. The van der Waals surface area contributed by atoms with Crippen LogP contribution in [0.1, 0.15) is 5.56 Å². The number of carbonyl (C=O) groups excluding carboxylic acids is 1. The van der Waals surface area contributed by atoms with E-state index in [0.29, 0.717) is 6.54 Å². The highest BCUT2D eigenvalue weighted by Crippen LogP contribution is 2.18. The zero-order valence-corrected chi connectivity index (χ0v) is 15.2. The molecule has 2 aromatic carbocycles. The molecule has 0 saturated carbocycles. The summed E-state index contributed by atoms with van der Waals surface area (Å²) in [4.78, 5) is 12.1. The molecule has 0 aliphatic carbocycles. The maximum absolute atomic E-state index is 12.1. The van der Waals surface area contributed by atoms with Gasteiger partial charge < -0.3 is 14.6 Å². The Hall–Kier alpha value is -3.45. The van der Waals surface area contributed by atoms with E-state index in [2.05, 4.69) is 23.7 Å². The van der Waals surface area contributed by atoms with Gasteiger partial charge >= 0.3 is 0 Å². The summed E-state index contributed by atoms with van der Waals surface area (Å²) >= 11 is 0. The average molecular weight is 358 g/mol. The Morgan fingerprint density at radius 2 is 1.93 bits per heavy atom. The number of nitrogens with zero attached hydrogens (tertiary/aromatic N) is 1. The van der Waals surface area contributed by atoms with Gasteiger partial charge in [-0.1, -0.05) is 54.3 Å². The van der Waals surface area contributed by atoms with Crippen LogP contribution in [0.4, 0.5) is 0 Å². The smallest absolute Gasteiger partial charge is 0.240 e. The normalized spacial score (nSPS) is 10.1. The van der Waals surface area contributed by atoms with Gasteiger partial charge in [0.2, 0.25) is 5.91 Å². The summed E-state index contributed by atoms with van der Waals surface area (Å²) in [6.45, 7) is 4.62. The van der Waals surface area contributed by atoms with Crippen LogP contribution in [0.2, 0.25) is 0 Å². The summed E-state index contributed by atoms with van der Waals surface area (Å²) < 4.78 is 7.62. The molecular weight excluding hydrogens is 336 g/mol. The first-order chi connectivity index (χ1) is 13.3. The van der Waals surface area contributed by atoms with Crippen molar-refractivity contribution in [1.29, 1.82) is 0 Å². The summed E-state index contributed by atoms with van der Waals surface area (Å²) in [5.41, 5.74) is 2.13. The van der Waals surface area contributed by atoms with E-state index >= 15 is 0 Å². The minimum Gasteiger partial charge on any atom is -0.481 e. The van der Waals surface area contributed by atoms with Crippen LogP contribution in [0.5, 0.6) is 5.75 Å². The van der Waals surface area contributed by atoms with E-state index in [0.717, 1.165) is 28.6 Å². The summed E-state index contributed by atoms with van der Waals surface area (Å²) in [5.74, 6) is 6.59. The fourth-order valence-electron chi connectivity index (χ4n) is 2.83. The lowest BCUT2D eigenvalue weighted by molar-refractivity contribution is -0.121. The Morgan fingerprint density at radius 1 is 1.11 bits per heavy atom. The number of aromatic nitrogens is 1. The SMILES string of the molecule is C=CCc1ccccc1OCC#CCNC(=O)Cn1ccc2ccccc21. The second-order valence-electron chi connectivity index (χ2n) is 6.02. The van der Waals surface area contributed by atoms with Crippen molar-refractivity contribution in [1.82, 2.24) is 9.88 Å². The second kappa shape index (κ2) is 9.30. The highest BCUT2D eigenvalue weighted by molar-refractivity contribution is 5.83. The van der Waals surface area contributed by atoms with Gasteiger partial charge in [-0.2, -0.15) is 0 Å². The first kappa shape index (κ1) is 18.3. The molecule has 3 aromatic rings. The lowest BCUT2D eigenvalue weighted by Crippen LogP contribution is -2.27. The van der Waals surface area contributed by atoms with E-state index in [1.54, 1.807) is 0 Å². The van der Waals surface area contributed by atoms with Gasteiger partial charge in [-0.25, -0.2) is 0 Å². The highest BCUT2D eigenvalue weighted by Gasteiger charge is 2.04. The number of allylic oxidation sites excluding steroid dienone is 1. The number of carbonyl (C=O) groups is 1. The van der Waals surface area contributed by atoms with Crippen LogP contribution in [-0.2, 0) is 17.8 Å². The van der Waals surface area contributed by atoms with Gasteiger partial charge in [0.25, 0.3) is 0 Å². The Labute approximate surface area is 159 Å². The molecule has 0 atom stereocenters. The van der Waals surface area contributed by atoms with Crippen molar-refractivity contribution in [2.24, 2.45) is 0 Å². The van der Waals surface area contributed by atoms with Crippen molar-refractivity contribution in [3.8, 4) is 17.6 Å². The van der Waals surface area contributed by atoms with Gasteiger partial charge in [-0.3, -0.25) is 4.79 Å². The van der Waals surface area contributed by atoms with Crippen molar-refractivity contribution >= 4 is 16.8 Å². The van der Waals surface area contributed by atoms with E-state index in [1.807, 2.05) is 71.4 Å². The number of rotatable bonds is 7. The molecule has 0 aliphatic heterocycles. The van der Waals surface area contributed by atoms with E-state index in [4.69, 9.17) is 4.74 Å². The minimum atomic E-state index is -0.0668. The first-order valence-electron chi connectivity index (χ1n) is 8.86. The van der Waals surface area contributed by atoms with Crippen molar-refractivity contribution < 1.29 is 9.53 Å². The van der Waals surface area contributed by atoms with Crippen LogP contribution in [0, 0.1) is 11.8 Å². The zero-order valence-electron chi connectivity index (χ0n) is 15.2. The number of nitrogens with one attached hydrogen (secondary N) is 1. The van der Waals surface area contributed by atoms with Crippen LogP contribution >= 0.6 is 0 Å². The van der Waals surface area contributed by atoms with Gasteiger partial charge in [0.15, 0.2) is 0 Å². The fraction of sp³-hybridized carbons (Fsp3) is 0.174. The third-order valence-corrected chi connectivity index (χ3v) is 4.13. The minimum absolute atomic E-state index is 0.0668. The molecule has 1 amide bonds. The van der Waals surface area contributed by atoms with Crippen LogP contribution in [-0.4, -0.2) is 23.6 Å². The number of benzene rings is 2. The number of amides is 1. The standard InChI is InChI=1S/C23H22N2O2/c1-2-9-20-11-4-6-13-22(20)27-17-8-7-15-24-23(26)18-25-16-14-19-10-3-5-12-21(19)25/h2-6,10-14,16H,1,9,15,17-18H2,(H,24,26). The third-order valence-electron chi connectivity index (χ3n) is 4.13. The van der Waals surface area contributed by atoms with Crippen LogP contribution in [0.25, 0.3) is 10.9 Å². The van der Waals surface area contributed by atoms with Gasteiger partial charge in [-0.05, 0) is 35.6 Å². The molecule has 0 aliphatic rings. The number of hydrogen-bond donors (Lipinski definition) is 1. The number of fused-ring (bicyclic) bond motifs is 1. The summed E-state index contributed by atoms with van der Waals surface area (Å²) in [7, 11) is 0. The molecule has 0 bridgehead atoms. The van der Waals surface area contributed by atoms with Gasteiger partial charge in [0, 0.05) is 11.7 Å². The van der Waals surface area contributed by atoms with Crippen molar-refractivity contribution in [3.05, 3.63) is 79.0 Å². The molecule has 27 heavy (non-hydrogen) atoms. The van der Waals surface area contributed by atoms with E-state index in [1.165, 1.54) is 0 Å². The van der Waals surface area contributed by atoms with E-state index in [-0.39, 0.29) is 19.1 Å². The third kappa shape index (κ3) is 5.02. The van der Waals surface area contributed by atoms with Crippen LogP contribution < -0.4 is 10.1 Å². The molecule has 0 saturated heterocycles. The zero-order chi connectivity index (χ0) is 18.9. The Kier molecular flexibility index (Phi) is 6.32. The lowest BCUT2D eigenvalue weighted by Gasteiger charge is -2.07. The van der Waals surface area contributed by atoms with Crippen molar-refractivity contribution in [2.45, 2.75) is 13.0 Å². The molecule has 1 heterocycles. The van der Waals surface area contributed by atoms with Crippen molar-refractivity contribution in [2.75, 3.05) is 13.2 Å². The van der Waals surface area contributed by atoms with Crippen LogP contribution in [0.3, 0.4) is 0 Å². The Bertz CT molecular complexity index is 992. The first-order valence-corrected chi connectivity index (χ1v) is 8.86. The molecular formula is C23H22N2O2. The Balaban J connectivity index is 1.44. The topological polar surface area (TPSA) is 43.3 Å². The second-order valence-corrected chi connectivity index (χ2v) is 6.02. The molecule has 3 rings (SSSR count). The molecule has 0 spiro atoms. The maximum atomic E-state index is 12.1. The van der Waals surface area contributed by atoms with E-state index < -0.39 is 0 Å². The molecule has 0 fully saturated rings.